The van der Waals surface area contributed by atoms with Crippen LogP contribution in [0.3, 0.4) is 0 Å². The predicted octanol–water partition coefficient (Wildman–Crippen LogP) is 3.84. The lowest BCUT2D eigenvalue weighted by molar-refractivity contribution is -0.124. The van der Waals surface area contributed by atoms with E-state index < -0.39 is 0 Å². The molecule has 3 atom stereocenters. The van der Waals surface area contributed by atoms with Gasteiger partial charge in [0, 0.05) is 22.4 Å². The fourth-order valence-corrected chi connectivity index (χ4v) is 4.54. The number of anilines is 1. The van der Waals surface area contributed by atoms with Crippen molar-refractivity contribution in [3.8, 4) is 0 Å². The number of hydrogen-bond acceptors (Lipinski definition) is 3. The van der Waals surface area contributed by atoms with E-state index in [0.717, 1.165) is 23.4 Å². The van der Waals surface area contributed by atoms with E-state index in [9.17, 15) is 9.59 Å². The van der Waals surface area contributed by atoms with Crippen molar-refractivity contribution in [2.45, 2.75) is 55.2 Å². The van der Waals surface area contributed by atoms with Gasteiger partial charge in [-0.05, 0) is 37.0 Å². The molecule has 0 radical (unpaired) electrons. The Bertz CT molecular complexity index is 623. The fourth-order valence-electron chi connectivity index (χ4n) is 3.28. The van der Waals surface area contributed by atoms with Gasteiger partial charge < -0.3 is 10.6 Å². The van der Waals surface area contributed by atoms with E-state index in [1.807, 2.05) is 6.07 Å². The second-order valence-corrected chi connectivity index (χ2v) is 8.16. The number of hydrogen-bond donors (Lipinski definition) is 2. The van der Waals surface area contributed by atoms with Crippen molar-refractivity contribution >= 4 is 40.9 Å². The highest BCUT2D eigenvalue weighted by atomic mass is 35.5. The zero-order chi connectivity index (χ0) is 16.4. The first-order valence-electron chi connectivity index (χ1n) is 8.07. The molecule has 1 saturated carbocycles. The second-order valence-electron chi connectivity index (χ2n) is 6.48. The van der Waals surface area contributed by atoms with Crippen LogP contribution in [0.25, 0.3) is 0 Å². The van der Waals surface area contributed by atoms with Crippen LogP contribution in [0.4, 0.5) is 5.69 Å². The Kier molecular flexibility index (Phi) is 5.17. The number of nitrogens with one attached hydrogen (secondary N) is 2. The number of carbonyl (C=O) groups is 2. The summed E-state index contributed by atoms with van der Waals surface area (Å²) < 4.78 is 0. The van der Waals surface area contributed by atoms with Gasteiger partial charge in [0.1, 0.15) is 0 Å². The van der Waals surface area contributed by atoms with Gasteiger partial charge in [-0.2, -0.15) is 0 Å². The van der Waals surface area contributed by atoms with Crippen molar-refractivity contribution in [1.82, 2.24) is 5.32 Å². The molecule has 1 aliphatic carbocycles. The third-order valence-electron chi connectivity index (χ3n) is 4.43. The van der Waals surface area contributed by atoms with Gasteiger partial charge in [0.05, 0.1) is 10.9 Å². The molecule has 3 rings (SSSR count). The number of amides is 2. The van der Waals surface area contributed by atoms with Gasteiger partial charge in [-0.15, -0.1) is 11.8 Å². The third-order valence-corrected chi connectivity index (χ3v) is 5.94. The van der Waals surface area contributed by atoms with Crippen LogP contribution >= 0.6 is 23.4 Å². The van der Waals surface area contributed by atoms with Crippen LogP contribution in [-0.2, 0) is 9.59 Å². The molecular formula is C17H21ClN2O2S. The summed E-state index contributed by atoms with van der Waals surface area (Å²) in [6.07, 6.45) is 4.70. The van der Waals surface area contributed by atoms with Gasteiger partial charge in [-0.25, -0.2) is 0 Å². The molecule has 6 heteroatoms. The fraction of sp³-hybridized carbons (Fsp3) is 0.529. The monoisotopic (exact) mass is 352 g/mol. The summed E-state index contributed by atoms with van der Waals surface area (Å²) in [7, 11) is 0. The third kappa shape index (κ3) is 4.21. The smallest absolute Gasteiger partial charge is 0.238 e. The van der Waals surface area contributed by atoms with Crippen molar-refractivity contribution in [3.05, 3.63) is 23.2 Å². The Morgan fingerprint density at radius 1 is 1.43 bits per heavy atom. The van der Waals surface area contributed by atoms with Crippen LogP contribution in [0.15, 0.2) is 23.1 Å². The molecule has 23 heavy (non-hydrogen) atoms. The van der Waals surface area contributed by atoms with Gasteiger partial charge >= 0.3 is 0 Å². The van der Waals surface area contributed by atoms with Gasteiger partial charge in [0.2, 0.25) is 11.8 Å². The van der Waals surface area contributed by atoms with Crippen molar-refractivity contribution in [2.75, 3.05) is 5.32 Å². The second kappa shape index (κ2) is 7.14. The summed E-state index contributed by atoms with van der Waals surface area (Å²) in [4.78, 5) is 25.4. The number of fused-ring (bicyclic) bond motifs is 1. The summed E-state index contributed by atoms with van der Waals surface area (Å²) in [5.74, 6) is 0.504. The summed E-state index contributed by atoms with van der Waals surface area (Å²) in [6, 6.07) is 5.68. The number of rotatable bonds is 3. The molecule has 2 aliphatic rings. The van der Waals surface area contributed by atoms with E-state index in [2.05, 4.69) is 17.6 Å². The van der Waals surface area contributed by atoms with Crippen molar-refractivity contribution in [2.24, 2.45) is 5.92 Å². The van der Waals surface area contributed by atoms with Crippen LogP contribution in [0.5, 0.6) is 0 Å². The first-order chi connectivity index (χ1) is 11.0. The molecule has 0 saturated heterocycles. The molecule has 0 spiro atoms. The SMILES string of the molecule is CC1CCCC(NC(=O)CC2Sc3ccc(Cl)cc3NC2=O)C1. The van der Waals surface area contributed by atoms with E-state index in [4.69, 9.17) is 11.6 Å². The minimum absolute atomic E-state index is 0.0332. The van der Waals surface area contributed by atoms with Gasteiger partial charge in [0.15, 0.2) is 0 Å². The zero-order valence-electron chi connectivity index (χ0n) is 13.1. The largest absolute Gasteiger partial charge is 0.353 e. The Hall–Kier alpha value is -1.20. The topological polar surface area (TPSA) is 58.2 Å². The Labute approximate surface area is 145 Å². The predicted molar refractivity (Wildman–Crippen MR) is 93.9 cm³/mol. The normalized spacial score (nSPS) is 27.0. The highest BCUT2D eigenvalue weighted by Gasteiger charge is 2.30. The van der Waals surface area contributed by atoms with E-state index >= 15 is 0 Å². The molecule has 1 fully saturated rings. The summed E-state index contributed by atoms with van der Waals surface area (Å²) >= 11 is 7.37. The van der Waals surface area contributed by atoms with Crippen LogP contribution in [0, 0.1) is 5.92 Å². The standard InChI is InChI=1S/C17H21ClN2O2S/c1-10-3-2-4-12(7-10)19-16(21)9-15-17(22)20-13-8-11(18)5-6-14(13)23-15/h5-6,8,10,12,15H,2-4,7,9H2,1H3,(H,19,21)(H,20,22). The zero-order valence-corrected chi connectivity index (χ0v) is 14.7. The molecular weight excluding hydrogens is 332 g/mol. The average molecular weight is 353 g/mol. The van der Waals surface area contributed by atoms with Gasteiger partial charge in [-0.3, -0.25) is 9.59 Å². The number of carbonyl (C=O) groups excluding carboxylic acids is 2. The minimum atomic E-state index is -0.385. The summed E-state index contributed by atoms with van der Waals surface area (Å²) in [5, 5.41) is 6.14. The Morgan fingerprint density at radius 3 is 3.04 bits per heavy atom. The van der Waals surface area contributed by atoms with Gasteiger partial charge in [0.25, 0.3) is 0 Å². The lowest BCUT2D eigenvalue weighted by Gasteiger charge is -2.28. The Balaban J connectivity index is 1.58. The molecule has 4 nitrogen and oxygen atoms in total. The van der Waals surface area contributed by atoms with Crippen molar-refractivity contribution in [3.63, 3.8) is 0 Å². The molecule has 1 aliphatic heterocycles. The van der Waals surface area contributed by atoms with Crippen LogP contribution in [-0.4, -0.2) is 23.1 Å². The first-order valence-corrected chi connectivity index (χ1v) is 9.33. The van der Waals surface area contributed by atoms with E-state index in [1.165, 1.54) is 24.6 Å². The maximum Gasteiger partial charge on any atom is 0.238 e. The van der Waals surface area contributed by atoms with Gasteiger partial charge in [-0.1, -0.05) is 31.4 Å². The highest BCUT2D eigenvalue weighted by molar-refractivity contribution is 8.01. The van der Waals surface area contributed by atoms with Crippen LogP contribution < -0.4 is 10.6 Å². The maximum absolute atomic E-state index is 12.3. The number of benzene rings is 1. The lowest BCUT2D eigenvalue weighted by atomic mass is 9.87. The van der Waals surface area contributed by atoms with Crippen LogP contribution in [0.2, 0.25) is 5.02 Å². The maximum atomic E-state index is 12.3. The summed E-state index contributed by atoms with van der Waals surface area (Å²) in [6.45, 7) is 2.23. The quantitative estimate of drug-likeness (QED) is 0.869. The molecule has 1 aromatic carbocycles. The molecule has 0 bridgehead atoms. The lowest BCUT2D eigenvalue weighted by Crippen LogP contribution is -2.41. The molecule has 1 aromatic rings. The molecule has 2 amide bonds. The molecule has 3 unspecified atom stereocenters. The van der Waals surface area contributed by atoms with Crippen molar-refractivity contribution < 1.29 is 9.59 Å². The van der Waals surface area contributed by atoms with Crippen LogP contribution in [0.1, 0.15) is 39.0 Å². The van der Waals surface area contributed by atoms with E-state index in [1.54, 1.807) is 12.1 Å². The molecule has 124 valence electrons. The number of halogens is 1. The molecule has 1 heterocycles. The number of thioether (sulfide) groups is 1. The first kappa shape index (κ1) is 16.7. The molecule has 2 N–H and O–H groups in total. The van der Waals surface area contributed by atoms with Crippen molar-refractivity contribution in [1.29, 1.82) is 0 Å². The molecule has 0 aromatic heterocycles. The van der Waals surface area contributed by atoms with E-state index in [0.29, 0.717) is 10.9 Å². The average Bonchev–Trinajstić information content (AvgIpc) is 2.48. The summed E-state index contributed by atoms with van der Waals surface area (Å²) in [5.41, 5.74) is 0.727. The minimum Gasteiger partial charge on any atom is -0.353 e. The van der Waals surface area contributed by atoms with E-state index in [-0.39, 0.29) is 29.5 Å². The highest BCUT2D eigenvalue weighted by Crippen LogP contribution is 2.38. The Morgan fingerprint density at radius 2 is 2.26 bits per heavy atom.